The largest absolute Gasteiger partial charge is 0.370 e. The predicted molar refractivity (Wildman–Crippen MR) is 68.0 cm³/mol. The van der Waals surface area contributed by atoms with E-state index >= 15 is 0 Å². The molecule has 0 aromatic carbocycles. The maximum absolute atomic E-state index is 5.84. The van der Waals surface area contributed by atoms with Crippen molar-refractivity contribution >= 4 is 5.95 Å². The zero-order valence-electron chi connectivity index (χ0n) is 10.9. The van der Waals surface area contributed by atoms with Crippen molar-refractivity contribution in [1.82, 2.24) is 15.0 Å². The van der Waals surface area contributed by atoms with Crippen molar-refractivity contribution in [1.29, 1.82) is 0 Å². The molecule has 3 rings (SSSR count). The van der Waals surface area contributed by atoms with Gasteiger partial charge in [0.1, 0.15) is 11.4 Å². The lowest BCUT2D eigenvalue weighted by molar-refractivity contribution is -0.0848. The van der Waals surface area contributed by atoms with Crippen LogP contribution in [-0.4, -0.2) is 22.1 Å². The summed E-state index contributed by atoms with van der Waals surface area (Å²) >= 11 is 0. The summed E-state index contributed by atoms with van der Waals surface area (Å²) in [4.78, 5) is 13.3. The molecule has 0 aliphatic heterocycles. The first kappa shape index (κ1) is 11.8. The molecule has 2 fully saturated rings. The van der Waals surface area contributed by atoms with E-state index in [0.29, 0.717) is 11.9 Å². The monoisotopic (exact) mass is 248 g/mol. The van der Waals surface area contributed by atoms with Crippen LogP contribution in [0.15, 0.2) is 0 Å². The third-order valence-electron chi connectivity index (χ3n) is 4.35. The normalized spacial score (nSPS) is 22.9. The Bertz CT molecular complexity index is 433. The number of hydrogen-bond donors (Lipinski definition) is 1. The van der Waals surface area contributed by atoms with E-state index in [1.807, 2.05) is 0 Å². The van der Waals surface area contributed by atoms with Crippen molar-refractivity contribution in [2.75, 3.05) is 12.8 Å². The molecule has 1 aromatic rings. The molecule has 2 aliphatic carbocycles. The van der Waals surface area contributed by atoms with Crippen LogP contribution in [0.25, 0.3) is 0 Å². The fourth-order valence-corrected chi connectivity index (χ4v) is 3.00. The van der Waals surface area contributed by atoms with E-state index in [-0.39, 0.29) is 5.60 Å². The Morgan fingerprint density at radius 3 is 2.39 bits per heavy atom. The molecule has 2 N–H and O–H groups in total. The van der Waals surface area contributed by atoms with E-state index < -0.39 is 0 Å². The highest BCUT2D eigenvalue weighted by atomic mass is 16.5. The zero-order valence-corrected chi connectivity index (χ0v) is 10.9. The number of nitrogens with zero attached hydrogens (tertiary/aromatic N) is 3. The molecule has 98 valence electrons. The summed E-state index contributed by atoms with van der Waals surface area (Å²) in [6.07, 6.45) is 8.00. The summed E-state index contributed by atoms with van der Waals surface area (Å²) in [6, 6.07) is 0. The van der Waals surface area contributed by atoms with Gasteiger partial charge in [0.05, 0.1) is 0 Å². The lowest BCUT2D eigenvalue weighted by Crippen LogP contribution is -2.38. The van der Waals surface area contributed by atoms with Crippen molar-refractivity contribution in [3.8, 4) is 0 Å². The molecule has 0 radical (unpaired) electrons. The van der Waals surface area contributed by atoms with Crippen LogP contribution in [0.2, 0.25) is 0 Å². The highest BCUT2D eigenvalue weighted by molar-refractivity contribution is 5.22. The first-order valence-corrected chi connectivity index (χ1v) is 6.80. The average molecular weight is 248 g/mol. The molecule has 0 spiro atoms. The minimum Gasteiger partial charge on any atom is -0.370 e. The minimum absolute atomic E-state index is 0.301. The quantitative estimate of drug-likeness (QED) is 0.887. The first-order chi connectivity index (χ1) is 8.73. The Hall–Kier alpha value is -1.23. The van der Waals surface area contributed by atoms with Crippen LogP contribution < -0.4 is 5.73 Å². The van der Waals surface area contributed by atoms with E-state index in [2.05, 4.69) is 15.0 Å². The van der Waals surface area contributed by atoms with Gasteiger partial charge in [-0.15, -0.1) is 0 Å². The third kappa shape index (κ3) is 1.86. The predicted octanol–water partition coefficient (Wildman–Crippen LogP) is 2.14. The number of aromatic nitrogens is 3. The van der Waals surface area contributed by atoms with Crippen LogP contribution >= 0.6 is 0 Å². The molecule has 2 saturated carbocycles. The van der Waals surface area contributed by atoms with Gasteiger partial charge in [-0.2, -0.15) is 9.97 Å². The number of nitrogens with two attached hydrogens (primary N) is 1. The Morgan fingerprint density at radius 1 is 1.11 bits per heavy atom. The van der Waals surface area contributed by atoms with Gasteiger partial charge in [0.2, 0.25) is 5.95 Å². The van der Waals surface area contributed by atoms with Crippen LogP contribution in [0.5, 0.6) is 0 Å². The summed E-state index contributed by atoms with van der Waals surface area (Å²) in [6.45, 7) is 0. The van der Waals surface area contributed by atoms with Gasteiger partial charge in [-0.3, -0.25) is 0 Å². The first-order valence-electron chi connectivity index (χ1n) is 6.80. The van der Waals surface area contributed by atoms with Gasteiger partial charge >= 0.3 is 0 Å². The Kier molecular flexibility index (Phi) is 2.93. The van der Waals surface area contributed by atoms with Gasteiger partial charge in [0, 0.05) is 13.0 Å². The highest BCUT2D eigenvalue weighted by Crippen LogP contribution is 2.43. The second kappa shape index (κ2) is 4.46. The molecule has 5 heteroatoms. The third-order valence-corrected chi connectivity index (χ3v) is 4.35. The van der Waals surface area contributed by atoms with E-state index in [9.17, 15) is 0 Å². The van der Waals surface area contributed by atoms with Crippen LogP contribution in [0.3, 0.4) is 0 Å². The number of methoxy groups -OCH3 is 1. The van der Waals surface area contributed by atoms with Crippen LogP contribution in [0.1, 0.15) is 62.5 Å². The molecule has 2 aliphatic rings. The molecule has 0 unspecified atom stereocenters. The molecule has 0 saturated heterocycles. The summed E-state index contributed by atoms with van der Waals surface area (Å²) in [5.41, 5.74) is 5.54. The molecule has 5 nitrogen and oxygen atoms in total. The SMILES string of the molecule is COC1(c2nc(N)nc(C3CCCC3)n2)CCC1. The van der Waals surface area contributed by atoms with Crippen molar-refractivity contribution in [3.63, 3.8) is 0 Å². The molecule has 1 aromatic heterocycles. The van der Waals surface area contributed by atoms with E-state index in [1.54, 1.807) is 7.11 Å². The van der Waals surface area contributed by atoms with Crippen molar-refractivity contribution in [2.45, 2.75) is 56.5 Å². The number of nitrogen functional groups attached to an aromatic ring is 1. The molecule has 0 atom stereocenters. The second-order valence-electron chi connectivity index (χ2n) is 5.41. The summed E-state index contributed by atoms with van der Waals surface area (Å²) in [5, 5.41) is 0. The number of ether oxygens (including phenoxy) is 1. The molecule has 0 amide bonds. The molecule has 18 heavy (non-hydrogen) atoms. The second-order valence-corrected chi connectivity index (χ2v) is 5.41. The van der Waals surface area contributed by atoms with Crippen LogP contribution in [0, 0.1) is 0 Å². The average Bonchev–Trinajstić information content (AvgIpc) is 2.81. The topological polar surface area (TPSA) is 73.9 Å². The Balaban J connectivity index is 1.95. The van der Waals surface area contributed by atoms with Gasteiger partial charge in [-0.05, 0) is 32.1 Å². The van der Waals surface area contributed by atoms with Gasteiger partial charge in [-0.1, -0.05) is 12.8 Å². The maximum atomic E-state index is 5.84. The standard InChI is InChI=1S/C13H20N4O/c1-18-13(7-4-8-13)11-15-10(16-12(14)17-11)9-5-2-3-6-9/h9H,2-8H2,1H3,(H2,14,15,16,17). The van der Waals surface area contributed by atoms with Gasteiger partial charge in [0.15, 0.2) is 5.82 Å². The number of hydrogen-bond acceptors (Lipinski definition) is 5. The van der Waals surface area contributed by atoms with Crippen molar-refractivity contribution in [3.05, 3.63) is 11.6 Å². The van der Waals surface area contributed by atoms with Gasteiger partial charge in [-0.25, -0.2) is 4.98 Å². The summed E-state index contributed by atoms with van der Waals surface area (Å²) in [7, 11) is 1.73. The van der Waals surface area contributed by atoms with Crippen LogP contribution in [-0.2, 0) is 10.3 Å². The molecular weight excluding hydrogens is 228 g/mol. The molecule has 0 bridgehead atoms. The van der Waals surface area contributed by atoms with E-state index in [4.69, 9.17) is 10.5 Å². The highest BCUT2D eigenvalue weighted by Gasteiger charge is 2.42. The van der Waals surface area contributed by atoms with E-state index in [0.717, 1.165) is 30.9 Å². The fraction of sp³-hybridized carbons (Fsp3) is 0.769. The van der Waals surface area contributed by atoms with Crippen LogP contribution in [0.4, 0.5) is 5.95 Å². The fourth-order valence-electron chi connectivity index (χ4n) is 3.00. The summed E-state index contributed by atoms with van der Waals surface area (Å²) < 4.78 is 5.62. The van der Waals surface area contributed by atoms with Gasteiger partial charge < -0.3 is 10.5 Å². The van der Waals surface area contributed by atoms with Crippen molar-refractivity contribution < 1.29 is 4.74 Å². The smallest absolute Gasteiger partial charge is 0.223 e. The lowest BCUT2D eigenvalue weighted by Gasteiger charge is -2.38. The van der Waals surface area contributed by atoms with Gasteiger partial charge in [0.25, 0.3) is 0 Å². The zero-order chi connectivity index (χ0) is 12.6. The Morgan fingerprint density at radius 2 is 1.83 bits per heavy atom. The summed E-state index contributed by atoms with van der Waals surface area (Å²) in [5.74, 6) is 2.41. The number of rotatable bonds is 3. The number of anilines is 1. The van der Waals surface area contributed by atoms with E-state index in [1.165, 1.54) is 25.7 Å². The Labute approximate surface area is 107 Å². The lowest BCUT2D eigenvalue weighted by atomic mass is 9.79. The molecule has 1 heterocycles. The molecular formula is C13H20N4O. The minimum atomic E-state index is -0.301. The maximum Gasteiger partial charge on any atom is 0.223 e. The van der Waals surface area contributed by atoms with Crippen molar-refractivity contribution in [2.24, 2.45) is 0 Å².